The SMILES string of the molecule is COc1cnc(-n2cnc(C)n2)c2[nH]cc(C(=O)C(=O)N3CC4CNCC4C3)c12. The molecule has 0 aliphatic carbocycles. The topological polar surface area (TPSA) is 118 Å². The number of hydrogen-bond acceptors (Lipinski definition) is 7. The van der Waals surface area contributed by atoms with Crippen molar-refractivity contribution in [1.82, 2.24) is 34.9 Å². The number of methoxy groups -OCH3 is 1. The Morgan fingerprint density at radius 1 is 1.21 bits per heavy atom. The van der Waals surface area contributed by atoms with Crippen LogP contribution in [-0.4, -0.2) is 74.6 Å². The van der Waals surface area contributed by atoms with Gasteiger partial charge in [-0.2, -0.15) is 5.10 Å². The second-order valence-electron chi connectivity index (χ2n) is 7.56. The zero-order valence-electron chi connectivity index (χ0n) is 16.2. The number of H-pyrrole nitrogens is 1. The Hall–Kier alpha value is -3.27. The number of aryl methyl sites for hydroxylation is 1. The van der Waals surface area contributed by atoms with E-state index in [0.29, 0.717) is 53.2 Å². The molecule has 2 fully saturated rings. The molecule has 2 N–H and O–H groups in total. The molecule has 150 valence electrons. The van der Waals surface area contributed by atoms with Crippen molar-refractivity contribution in [2.75, 3.05) is 33.3 Å². The van der Waals surface area contributed by atoms with Gasteiger partial charge in [-0.15, -0.1) is 0 Å². The average Bonchev–Trinajstić information content (AvgIpc) is 3.48. The Morgan fingerprint density at radius 2 is 1.97 bits per heavy atom. The van der Waals surface area contributed by atoms with Crippen molar-refractivity contribution in [3.8, 4) is 11.6 Å². The maximum atomic E-state index is 13.1. The highest BCUT2D eigenvalue weighted by Gasteiger charge is 2.40. The smallest absolute Gasteiger partial charge is 0.295 e. The molecule has 10 heteroatoms. The molecule has 5 heterocycles. The van der Waals surface area contributed by atoms with E-state index >= 15 is 0 Å². The van der Waals surface area contributed by atoms with E-state index in [1.165, 1.54) is 18.0 Å². The number of aromatic nitrogens is 5. The van der Waals surface area contributed by atoms with Crippen LogP contribution >= 0.6 is 0 Å². The van der Waals surface area contributed by atoms with Gasteiger partial charge in [0.2, 0.25) is 0 Å². The summed E-state index contributed by atoms with van der Waals surface area (Å²) in [7, 11) is 1.51. The van der Waals surface area contributed by atoms with E-state index in [2.05, 4.69) is 25.4 Å². The summed E-state index contributed by atoms with van der Waals surface area (Å²) in [5.41, 5.74) is 0.838. The summed E-state index contributed by atoms with van der Waals surface area (Å²) in [6.45, 7) is 4.81. The molecular weight excluding hydrogens is 374 g/mol. The monoisotopic (exact) mass is 395 g/mol. The lowest BCUT2D eigenvalue weighted by molar-refractivity contribution is -0.125. The normalized spacial score (nSPS) is 21.0. The van der Waals surface area contributed by atoms with Crippen molar-refractivity contribution in [3.63, 3.8) is 0 Å². The summed E-state index contributed by atoms with van der Waals surface area (Å²) >= 11 is 0. The molecule has 10 nitrogen and oxygen atoms in total. The highest BCUT2D eigenvalue weighted by molar-refractivity contribution is 6.45. The molecule has 0 aromatic carbocycles. The number of amides is 1. The lowest BCUT2D eigenvalue weighted by Crippen LogP contribution is -2.36. The van der Waals surface area contributed by atoms with Gasteiger partial charge in [0.15, 0.2) is 5.82 Å². The molecule has 2 aliphatic rings. The summed E-state index contributed by atoms with van der Waals surface area (Å²) in [4.78, 5) is 39.3. The molecule has 2 unspecified atom stereocenters. The lowest BCUT2D eigenvalue weighted by atomic mass is 10.0. The summed E-state index contributed by atoms with van der Waals surface area (Å²) in [6, 6.07) is 0. The summed E-state index contributed by atoms with van der Waals surface area (Å²) in [5.74, 6) is 1.33. The van der Waals surface area contributed by atoms with E-state index in [0.717, 1.165) is 13.1 Å². The van der Waals surface area contributed by atoms with Crippen LogP contribution < -0.4 is 10.1 Å². The summed E-state index contributed by atoms with van der Waals surface area (Å²) in [5, 5.41) is 8.14. The number of Topliss-reactive ketones (excluding diaryl/α,β-unsaturated/α-hetero) is 1. The highest BCUT2D eigenvalue weighted by Crippen LogP contribution is 2.33. The third-order valence-electron chi connectivity index (χ3n) is 5.81. The first-order valence-corrected chi connectivity index (χ1v) is 9.54. The van der Waals surface area contributed by atoms with Crippen LogP contribution in [-0.2, 0) is 4.79 Å². The van der Waals surface area contributed by atoms with Gasteiger partial charge in [-0.05, 0) is 18.8 Å². The Balaban J connectivity index is 1.53. The first-order valence-electron chi connectivity index (χ1n) is 9.54. The van der Waals surface area contributed by atoms with Crippen LogP contribution in [0.4, 0.5) is 0 Å². The zero-order valence-corrected chi connectivity index (χ0v) is 16.2. The van der Waals surface area contributed by atoms with Crippen molar-refractivity contribution >= 4 is 22.6 Å². The number of pyridine rings is 1. The van der Waals surface area contributed by atoms with Gasteiger partial charge in [0.1, 0.15) is 17.9 Å². The highest BCUT2D eigenvalue weighted by atomic mass is 16.5. The summed E-state index contributed by atoms with van der Waals surface area (Å²) in [6.07, 6.45) is 4.62. The Labute approximate surface area is 166 Å². The maximum Gasteiger partial charge on any atom is 0.295 e. The third-order valence-corrected chi connectivity index (χ3v) is 5.81. The van der Waals surface area contributed by atoms with E-state index in [9.17, 15) is 9.59 Å². The first kappa shape index (κ1) is 17.8. The minimum Gasteiger partial charge on any atom is -0.494 e. The molecule has 0 radical (unpaired) electrons. The molecule has 0 spiro atoms. The number of aromatic amines is 1. The Kier molecular flexibility index (Phi) is 4.09. The fourth-order valence-electron chi connectivity index (χ4n) is 4.34. The molecule has 3 aromatic rings. The fraction of sp³-hybridized carbons (Fsp3) is 0.421. The van der Waals surface area contributed by atoms with Gasteiger partial charge < -0.3 is 19.9 Å². The van der Waals surface area contributed by atoms with Crippen LogP contribution in [0.5, 0.6) is 5.75 Å². The number of likely N-dealkylation sites (tertiary alicyclic amines) is 1. The predicted octanol–water partition coefficient (Wildman–Crippen LogP) is 0.321. The number of ether oxygens (including phenoxy) is 1. The number of rotatable bonds is 4. The van der Waals surface area contributed by atoms with E-state index in [1.54, 1.807) is 24.3 Å². The zero-order chi connectivity index (χ0) is 20.1. The maximum absolute atomic E-state index is 13.1. The fourth-order valence-corrected chi connectivity index (χ4v) is 4.34. The minimum absolute atomic E-state index is 0.275. The number of fused-ring (bicyclic) bond motifs is 2. The van der Waals surface area contributed by atoms with Crippen LogP contribution in [0.25, 0.3) is 16.7 Å². The van der Waals surface area contributed by atoms with E-state index in [4.69, 9.17) is 4.74 Å². The number of nitrogens with one attached hydrogen (secondary N) is 2. The van der Waals surface area contributed by atoms with Crippen LogP contribution in [0.3, 0.4) is 0 Å². The van der Waals surface area contributed by atoms with Crippen LogP contribution in [0.2, 0.25) is 0 Å². The second-order valence-corrected chi connectivity index (χ2v) is 7.56. The quantitative estimate of drug-likeness (QED) is 0.482. The molecule has 2 aliphatic heterocycles. The van der Waals surface area contributed by atoms with Crippen molar-refractivity contribution in [3.05, 3.63) is 30.1 Å². The molecule has 0 saturated carbocycles. The van der Waals surface area contributed by atoms with Crippen molar-refractivity contribution in [2.45, 2.75) is 6.92 Å². The van der Waals surface area contributed by atoms with E-state index in [-0.39, 0.29) is 5.56 Å². The van der Waals surface area contributed by atoms with Crippen molar-refractivity contribution in [1.29, 1.82) is 0 Å². The van der Waals surface area contributed by atoms with Gasteiger partial charge >= 0.3 is 0 Å². The number of nitrogens with zero attached hydrogens (tertiary/aromatic N) is 5. The van der Waals surface area contributed by atoms with Crippen molar-refractivity contribution < 1.29 is 14.3 Å². The number of ketones is 1. The first-order chi connectivity index (χ1) is 14.1. The molecule has 3 aromatic heterocycles. The number of carbonyl (C=O) groups excluding carboxylic acids is 2. The van der Waals surface area contributed by atoms with Crippen LogP contribution in [0.1, 0.15) is 16.2 Å². The van der Waals surface area contributed by atoms with E-state index < -0.39 is 11.7 Å². The number of carbonyl (C=O) groups is 2. The molecule has 2 atom stereocenters. The Bertz CT molecular complexity index is 1110. The van der Waals surface area contributed by atoms with Gasteiger partial charge in [0.05, 0.1) is 29.8 Å². The van der Waals surface area contributed by atoms with Gasteiger partial charge in [0, 0.05) is 32.4 Å². The largest absolute Gasteiger partial charge is 0.494 e. The summed E-state index contributed by atoms with van der Waals surface area (Å²) < 4.78 is 6.95. The van der Waals surface area contributed by atoms with E-state index in [1.807, 2.05) is 0 Å². The minimum atomic E-state index is -0.547. The van der Waals surface area contributed by atoms with Crippen LogP contribution in [0, 0.1) is 18.8 Å². The predicted molar refractivity (Wildman–Crippen MR) is 103 cm³/mol. The van der Waals surface area contributed by atoms with Gasteiger partial charge in [-0.25, -0.2) is 14.6 Å². The van der Waals surface area contributed by atoms with Gasteiger partial charge in [-0.3, -0.25) is 9.59 Å². The third kappa shape index (κ3) is 2.79. The molecule has 0 bridgehead atoms. The standard InChI is InChI=1S/C19H21N7O3/c1-10-23-9-26(24-10)18-16-15(14(29-2)6-22-18)13(5-21-16)17(27)19(28)25-7-11-3-20-4-12(11)8-25/h5-6,9,11-12,20-21H,3-4,7-8H2,1-2H3. The molecule has 2 saturated heterocycles. The molecular formula is C19H21N7O3. The lowest BCUT2D eigenvalue weighted by Gasteiger charge is -2.16. The second kappa shape index (κ2) is 6.66. The van der Waals surface area contributed by atoms with Gasteiger partial charge in [-0.1, -0.05) is 0 Å². The number of hydrogen-bond donors (Lipinski definition) is 2. The molecule has 5 rings (SSSR count). The van der Waals surface area contributed by atoms with Crippen molar-refractivity contribution in [2.24, 2.45) is 11.8 Å². The van der Waals surface area contributed by atoms with Gasteiger partial charge in [0.25, 0.3) is 11.7 Å². The van der Waals surface area contributed by atoms with Crippen LogP contribution in [0.15, 0.2) is 18.7 Å². The molecule has 1 amide bonds. The molecule has 29 heavy (non-hydrogen) atoms. The Morgan fingerprint density at radius 3 is 2.62 bits per heavy atom. The average molecular weight is 395 g/mol.